The van der Waals surface area contributed by atoms with E-state index in [4.69, 9.17) is 5.73 Å². The second-order valence-corrected chi connectivity index (χ2v) is 4.58. The van der Waals surface area contributed by atoms with Gasteiger partial charge in [-0.1, -0.05) is 6.07 Å². The molecule has 0 aliphatic rings. The van der Waals surface area contributed by atoms with Gasteiger partial charge in [-0.2, -0.15) is 0 Å². The molecule has 0 atom stereocenters. The summed E-state index contributed by atoms with van der Waals surface area (Å²) in [6, 6.07) is 10.1. The van der Waals surface area contributed by atoms with Crippen molar-refractivity contribution in [3.63, 3.8) is 0 Å². The van der Waals surface area contributed by atoms with Gasteiger partial charge in [-0.3, -0.25) is 14.5 Å². The van der Waals surface area contributed by atoms with Gasteiger partial charge in [0.05, 0.1) is 4.92 Å². The Morgan fingerprint density at radius 3 is 2.55 bits per heavy atom. The number of nitrogen functional groups attached to an aromatic ring is 1. The van der Waals surface area contributed by atoms with Crippen LogP contribution in [0.15, 0.2) is 42.6 Å². The van der Waals surface area contributed by atoms with Gasteiger partial charge in [0.2, 0.25) is 0 Å². The number of hydrogen-bond donors (Lipinski definition) is 1. The molecule has 0 fully saturated rings. The highest BCUT2D eigenvalue weighted by Crippen LogP contribution is 2.28. The van der Waals surface area contributed by atoms with E-state index in [9.17, 15) is 10.1 Å². The van der Waals surface area contributed by atoms with E-state index in [-0.39, 0.29) is 5.69 Å². The van der Waals surface area contributed by atoms with E-state index in [1.807, 2.05) is 29.7 Å². The Morgan fingerprint density at radius 1 is 1.20 bits per heavy atom. The predicted octanol–water partition coefficient (Wildman–Crippen LogP) is 2.80. The van der Waals surface area contributed by atoms with Crippen LogP contribution in [0.5, 0.6) is 0 Å². The summed E-state index contributed by atoms with van der Waals surface area (Å²) in [7, 11) is 0. The molecule has 0 saturated carbocycles. The number of nitro groups is 1. The monoisotopic (exact) mass is 268 g/mol. The number of pyridine rings is 1. The molecule has 1 aromatic carbocycles. The van der Waals surface area contributed by atoms with Crippen LogP contribution in [0.25, 0.3) is 16.9 Å². The number of rotatable bonds is 2. The van der Waals surface area contributed by atoms with Gasteiger partial charge >= 0.3 is 0 Å². The number of benzene rings is 1. The molecule has 6 heteroatoms. The molecule has 0 aliphatic carbocycles. The minimum absolute atomic E-state index is 0.0481. The highest BCUT2D eigenvalue weighted by atomic mass is 16.6. The Kier molecular flexibility index (Phi) is 2.64. The van der Waals surface area contributed by atoms with Crippen LogP contribution in [-0.2, 0) is 0 Å². The molecule has 3 rings (SSSR count). The van der Waals surface area contributed by atoms with Crippen molar-refractivity contribution in [1.82, 2.24) is 9.38 Å². The Labute approximate surface area is 114 Å². The minimum Gasteiger partial charge on any atom is -0.383 e. The first-order valence-corrected chi connectivity index (χ1v) is 6.05. The summed E-state index contributed by atoms with van der Waals surface area (Å²) in [6.45, 7) is 1.98. The van der Waals surface area contributed by atoms with Crippen LogP contribution in [0.3, 0.4) is 0 Å². The van der Waals surface area contributed by atoms with Crippen LogP contribution in [0.1, 0.15) is 5.56 Å². The Hall–Kier alpha value is -2.89. The van der Waals surface area contributed by atoms with Gasteiger partial charge in [0, 0.05) is 23.9 Å². The number of fused-ring (bicyclic) bond motifs is 1. The van der Waals surface area contributed by atoms with Crippen molar-refractivity contribution in [2.75, 3.05) is 5.73 Å². The van der Waals surface area contributed by atoms with Crippen LogP contribution in [0.4, 0.5) is 11.5 Å². The fraction of sp³-hybridized carbons (Fsp3) is 0.0714. The first-order valence-electron chi connectivity index (χ1n) is 6.05. The molecule has 2 N–H and O–H groups in total. The van der Waals surface area contributed by atoms with Gasteiger partial charge < -0.3 is 5.73 Å². The van der Waals surface area contributed by atoms with Crippen LogP contribution in [-0.4, -0.2) is 14.3 Å². The first-order chi connectivity index (χ1) is 9.56. The van der Waals surface area contributed by atoms with Crippen molar-refractivity contribution in [3.05, 3.63) is 58.3 Å². The molecule has 2 aromatic heterocycles. The van der Waals surface area contributed by atoms with Crippen molar-refractivity contribution in [1.29, 1.82) is 0 Å². The zero-order valence-electron chi connectivity index (χ0n) is 10.8. The van der Waals surface area contributed by atoms with E-state index in [1.54, 1.807) is 12.1 Å². The topological polar surface area (TPSA) is 86.5 Å². The van der Waals surface area contributed by atoms with E-state index in [2.05, 4.69) is 4.98 Å². The van der Waals surface area contributed by atoms with Crippen LogP contribution in [0.2, 0.25) is 0 Å². The third kappa shape index (κ3) is 1.87. The molecule has 0 saturated heterocycles. The van der Waals surface area contributed by atoms with Crippen molar-refractivity contribution < 1.29 is 4.92 Å². The lowest BCUT2D eigenvalue weighted by Gasteiger charge is -2.00. The summed E-state index contributed by atoms with van der Waals surface area (Å²) >= 11 is 0. The Balaban J connectivity index is 2.14. The third-order valence-electron chi connectivity index (χ3n) is 3.15. The fourth-order valence-corrected chi connectivity index (χ4v) is 2.12. The van der Waals surface area contributed by atoms with Crippen molar-refractivity contribution in [2.45, 2.75) is 6.92 Å². The lowest BCUT2D eigenvalue weighted by Crippen LogP contribution is -1.94. The highest BCUT2D eigenvalue weighted by molar-refractivity contribution is 5.75. The number of imidazole rings is 1. The number of non-ortho nitro benzene ring substituents is 1. The Bertz CT molecular complexity index is 806. The average molecular weight is 268 g/mol. The normalized spacial score (nSPS) is 10.8. The Morgan fingerprint density at radius 2 is 1.90 bits per heavy atom. The average Bonchev–Trinajstić information content (AvgIpc) is 2.76. The quantitative estimate of drug-likeness (QED) is 0.572. The second kappa shape index (κ2) is 4.34. The summed E-state index contributed by atoms with van der Waals surface area (Å²) in [6.07, 6.45) is 1.91. The summed E-state index contributed by atoms with van der Waals surface area (Å²) in [5.74, 6) is 0.526. The van der Waals surface area contributed by atoms with E-state index < -0.39 is 4.92 Å². The molecule has 20 heavy (non-hydrogen) atoms. The van der Waals surface area contributed by atoms with Gasteiger partial charge in [0.15, 0.2) is 0 Å². The summed E-state index contributed by atoms with van der Waals surface area (Å²) in [5, 5.41) is 10.7. The largest absolute Gasteiger partial charge is 0.383 e. The van der Waals surface area contributed by atoms with E-state index in [0.717, 1.165) is 16.8 Å². The predicted molar refractivity (Wildman–Crippen MR) is 76.4 cm³/mol. The van der Waals surface area contributed by atoms with E-state index in [0.29, 0.717) is 11.5 Å². The standard InChI is InChI=1S/C14H12N4O2/c1-9-2-7-12-16-13(14(15)17(12)8-9)10-3-5-11(6-4-10)18(19)20/h2-8H,15H2,1H3. The zero-order chi connectivity index (χ0) is 14.3. The molecule has 2 heterocycles. The molecule has 6 nitrogen and oxygen atoms in total. The van der Waals surface area contributed by atoms with Gasteiger partial charge in [-0.15, -0.1) is 0 Å². The minimum atomic E-state index is -0.430. The molecule has 0 spiro atoms. The van der Waals surface area contributed by atoms with Crippen LogP contribution < -0.4 is 5.73 Å². The number of hydrogen-bond acceptors (Lipinski definition) is 4. The molecular weight excluding hydrogens is 256 g/mol. The van der Waals surface area contributed by atoms with Crippen molar-refractivity contribution >= 4 is 17.2 Å². The molecule has 3 aromatic rings. The first kappa shape index (κ1) is 12.2. The van der Waals surface area contributed by atoms with Gasteiger partial charge in [-0.05, 0) is 30.7 Å². The highest BCUT2D eigenvalue weighted by Gasteiger charge is 2.12. The second-order valence-electron chi connectivity index (χ2n) is 4.58. The molecule has 0 unspecified atom stereocenters. The fourth-order valence-electron chi connectivity index (χ4n) is 2.12. The number of aryl methyl sites for hydroxylation is 1. The van der Waals surface area contributed by atoms with Crippen LogP contribution in [0, 0.1) is 17.0 Å². The SMILES string of the molecule is Cc1ccc2nc(-c3ccc([N+](=O)[O-])cc3)c(N)n2c1. The maximum absolute atomic E-state index is 10.7. The van der Waals surface area contributed by atoms with Crippen molar-refractivity contribution in [2.24, 2.45) is 0 Å². The number of nitrogens with two attached hydrogens (primary N) is 1. The van der Waals surface area contributed by atoms with Crippen molar-refractivity contribution in [3.8, 4) is 11.3 Å². The van der Waals surface area contributed by atoms with E-state index in [1.165, 1.54) is 12.1 Å². The summed E-state index contributed by atoms with van der Waals surface area (Å²) in [5.41, 5.74) is 9.37. The zero-order valence-corrected chi connectivity index (χ0v) is 10.8. The lowest BCUT2D eigenvalue weighted by molar-refractivity contribution is -0.384. The molecule has 0 bridgehead atoms. The number of nitrogens with zero attached hydrogens (tertiary/aromatic N) is 3. The van der Waals surface area contributed by atoms with Gasteiger partial charge in [0.1, 0.15) is 17.2 Å². The molecule has 0 radical (unpaired) electrons. The summed E-state index contributed by atoms with van der Waals surface area (Å²) in [4.78, 5) is 14.7. The maximum Gasteiger partial charge on any atom is 0.269 e. The number of anilines is 1. The smallest absolute Gasteiger partial charge is 0.269 e. The van der Waals surface area contributed by atoms with E-state index >= 15 is 0 Å². The molecule has 100 valence electrons. The van der Waals surface area contributed by atoms with Gasteiger partial charge in [0.25, 0.3) is 5.69 Å². The number of nitro benzene ring substituents is 1. The van der Waals surface area contributed by atoms with Gasteiger partial charge in [-0.25, -0.2) is 4.98 Å². The molecule has 0 aliphatic heterocycles. The molecule has 0 amide bonds. The summed E-state index contributed by atoms with van der Waals surface area (Å²) < 4.78 is 1.81. The van der Waals surface area contributed by atoms with Crippen LogP contribution >= 0.6 is 0 Å². The number of aromatic nitrogens is 2. The third-order valence-corrected chi connectivity index (χ3v) is 3.15. The maximum atomic E-state index is 10.7. The molecular formula is C14H12N4O2. The lowest BCUT2D eigenvalue weighted by atomic mass is 10.1.